The molecule has 0 bridgehead atoms. The van der Waals surface area contributed by atoms with Gasteiger partial charge in [-0.3, -0.25) is 0 Å². The molecule has 60 valence electrons. The summed E-state index contributed by atoms with van der Waals surface area (Å²) in [6.45, 7) is 0. The summed E-state index contributed by atoms with van der Waals surface area (Å²) < 4.78 is 0. The third-order valence-corrected chi connectivity index (χ3v) is 1.80. The highest BCUT2D eigenvalue weighted by Crippen LogP contribution is 2.29. The molecular weight excluding hydrogens is 156 g/mol. The Kier molecular flexibility index (Phi) is 1.36. The molecular formula is C7H6N4O. The van der Waals surface area contributed by atoms with Gasteiger partial charge in [-0.15, -0.1) is 4.91 Å². The van der Waals surface area contributed by atoms with Crippen LogP contribution in [0.25, 0.3) is 5.70 Å². The number of anilines is 1. The zero-order valence-corrected chi connectivity index (χ0v) is 6.19. The van der Waals surface area contributed by atoms with Crippen molar-refractivity contribution in [3.05, 3.63) is 28.6 Å². The van der Waals surface area contributed by atoms with Crippen molar-refractivity contribution in [1.82, 2.24) is 9.97 Å². The number of allylic oxidation sites excluding steroid dienone is 1. The Morgan fingerprint density at radius 1 is 1.50 bits per heavy atom. The molecule has 1 aliphatic carbocycles. The molecule has 0 aromatic carbocycles. The molecule has 1 aromatic heterocycles. The second-order valence-corrected chi connectivity index (χ2v) is 2.47. The maximum atomic E-state index is 10.3. The Bertz CT molecular complexity index is 372. The minimum Gasteiger partial charge on any atom is -0.383 e. The normalized spacial score (nSPS) is 13.8. The molecule has 5 heteroatoms. The van der Waals surface area contributed by atoms with E-state index in [1.807, 2.05) is 0 Å². The number of rotatable bonds is 1. The Hall–Kier alpha value is -1.78. The SMILES string of the molecule is Nc1ncnc2c1C(N=O)=CC2. The molecule has 1 aromatic rings. The van der Waals surface area contributed by atoms with E-state index in [4.69, 9.17) is 5.73 Å². The number of nitrogen functional groups attached to an aromatic ring is 1. The van der Waals surface area contributed by atoms with Crippen LogP contribution in [0.4, 0.5) is 5.82 Å². The minimum absolute atomic E-state index is 0.323. The van der Waals surface area contributed by atoms with Gasteiger partial charge in [-0.05, 0) is 11.3 Å². The number of fused-ring (bicyclic) bond motifs is 1. The summed E-state index contributed by atoms with van der Waals surface area (Å²) in [4.78, 5) is 18.0. The van der Waals surface area contributed by atoms with Crippen molar-refractivity contribution in [2.45, 2.75) is 6.42 Å². The van der Waals surface area contributed by atoms with Gasteiger partial charge in [0, 0.05) is 6.42 Å². The summed E-state index contributed by atoms with van der Waals surface area (Å²) in [5.74, 6) is 0.323. The average molecular weight is 162 g/mol. The van der Waals surface area contributed by atoms with E-state index in [2.05, 4.69) is 15.1 Å². The molecule has 2 N–H and O–H groups in total. The summed E-state index contributed by atoms with van der Waals surface area (Å²) >= 11 is 0. The molecule has 0 aliphatic heterocycles. The molecule has 0 amide bonds. The standard InChI is InChI=1S/C7H6N4O/c8-7-6-4(9-3-10-7)1-2-5(6)11-12/h2-3H,1H2,(H2,8,9,10). The number of hydrogen-bond donors (Lipinski definition) is 1. The van der Waals surface area contributed by atoms with Crippen molar-refractivity contribution in [3.8, 4) is 0 Å². The lowest BCUT2D eigenvalue weighted by Crippen LogP contribution is -1.99. The first-order chi connectivity index (χ1) is 5.83. The number of nitrogens with two attached hydrogens (primary N) is 1. The monoisotopic (exact) mass is 162 g/mol. The molecule has 0 spiro atoms. The Balaban J connectivity index is 2.64. The Morgan fingerprint density at radius 2 is 2.33 bits per heavy atom. The van der Waals surface area contributed by atoms with E-state index in [1.165, 1.54) is 6.33 Å². The molecule has 0 saturated heterocycles. The molecule has 0 atom stereocenters. The number of nitroso groups, excluding NO2 is 1. The van der Waals surface area contributed by atoms with Crippen LogP contribution in [0, 0.1) is 4.91 Å². The predicted molar refractivity (Wildman–Crippen MR) is 43.9 cm³/mol. The average Bonchev–Trinajstić information content (AvgIpc) is 2.49. The molecule has 1 heterocycles. The van der Waals surface area contributed by atoms with Crippen molar-refractivity contribution in [1.29, 1.82) is 0 Å². The number of nitrogens with zero attached hydrogens (tertiary/aromatic N) is 3. The highest BCUT2D eigenvalue weighted by molar-refractivity contribution is 5.77. The summed E-state index contributed by atoms with van der Waals surface area (Å²) in [6, 6.07) is 0. The number of aromatic nitrogens is 2. The van der Waals surface area contributed by atoms with Gasteiger partial charge in [-0.25, -0.2) is 9.97 Å². The zero-order valence-electron chi connectivity index (χ0n) is 6.19. The van der Waals surface area contributed by atoms with E-state index in [0.29, 0.717) is 23.5 Å². The van der Waals surface area contributed by atoms with Crippen molar-refractivity contribution >= 4 is 11.5 Å². The molecule has 12 heavy (non-hydrogen) atoms. The lowest BCUT2D eigenvalue weighted by Gasteiger charge is -2.00. The largest absolute Gasteiger partial charge is 0.383 e. The maximum Gasteiger partial charge on any atom is 0.136 e. The van der Waals surface area contributed by atoms with E-state index >= 15 is 0 Å². The summed E-state index contributed by atoms with van der Waals surface area (Å²) in [6.07, 6.45) is 3.70. The van der Waals surface area contributed by atoms with E-state index < -0.39 is 0 Å². The molecule has 5 nitrogen and oxygen atoms in total. The second kappa shape index (κ2) is 2.37. The summed E-state index contributed by atoms with van der Waals surface area (Å²) in [5.41, 5.74) is 7.26. The fourth-order valence-electron chi connectivity index (χ4n) is 1.25. The predicted octanol–water partition coefficient (Wildman–Crippen LogP) is 0.722. The van der Waals surface area contributed by atoms with Gasteiger partial charge in [-0.1, -0.05) is 0 Å². The van der Waals surface area contributed by atoms with Crippen LogP contribution in [0.1, 0.15) is 11.3 Å². The van der Waals surface area contributed by atoms with Crippen LogP contribution in [0.2, 0.25) is 0 Å². The van der Waals surface area contributed by atoms with Gasteiger partial charge in [0.25, 0.3) is 0 Å². The first-order valence-electron chi connectivity index (χ1n) is 3.46. The van der Waals surface area contributed by atoms with Gasteiger partial charge in [-0.2, -0.15) is 0 Å². The third-order valence-electron chi connectivity index (χ3n) is 1.80. The van der Waals surface area contributed by atoms with Gasteiger partial charge in [0.2, 0.25) is 0 Å². The summed E-state index contributed by atoms with van der Waals surface area (Å²) in [7, 11) is 0. The minimum atomic E-state index is 0.323. The van der Waals surface area contributed by atoms with E-state index in [9.17, 15) is 4.91 Å². The number of hydrogen-bond acceptors (Lipinski definition) is 5. The fraction of sp³-hybridized carbons (Fsp3) is 0.143. The topological polar surface area (TPSA) is 81.2 Å². The second-order valence-electron chi connectivity index (χ2n) is 2.47. The Morgan fingerprint density at radius 3 is 3.08 bits per heavy atom. The van der Waals surface area contributed by atoms with Crippen molar-refractivity contribution < 1.29 is 0 Å². The highest BCUT2D eigenvalue weighted by Gasteiger charge is 2.19. The lowest BCUT2D eigenvalue weighted by atomic mass is 10.2. The molecule has 2 rings (SSSR count). The molecule has 0 unspecified atom stereocenters. The smallest absolute Gasteiger partial charge is 0.136 e. The van der Waals surface area contributed by atoms with Gasteiger partial charge in [0.15, 0.2) is 0 Å². The molecule has 0 saturated carbocycles. The van der Waals surface area contributed by atoms with Crippen LogP contribution in [-0.4, -0.2) is 9.97 Å². The van der Waals surface area contributed by atoms with Crippen LogP contribution in [0.3, 0.4) is 0 Å². The molecule has 0 fully saturated rings. The first kappa shape index (κ1) is 6.90. The summed E-state index contributed by atoms with van der Waals surface area (Å²) in [5, 5.41) is 2.84. The van der Waals surface area contributed by atoms with Crippen LogP contribution in [0.15, 0.2) is 17.6 Å². The van der Waals surface area contributed by atoms with Crippen molar-refractivity contribution in [2.24, 2.45) is 5.18 Å². The lowest BCUT2D eigenvalue weighted by molar-refractivity contribution is 1.07. The van der Waals surface area contributed by atoms with E-state index in [1.54, 1.807) is 6.08 Å². The van der Waals surface area contributed by atoms with Gasteiger partial charge in [0.05, 0.1) is 11.3 Å². The quantitative estimate of drug-likeness (QED) is 0.617. The van der Waals surface area contributed by atoms with Gasteiger partial charge >= 0.3 is 0 Å². The van der Waals surface area contributed by atoms with Crippen molar-refractivity contribution in [2.75, 3.05) is 5.73 Å². The fourth-order valence-corrected chi connectivity index (χ4v) is 1.25. The van der Waals surface area contributed by atoms with Crippen LogP contribution in [-0.2, 0) is 6.42 Å². The van der Waals surface area contributed by atoms with Crippen LogP contribution < -0.4 is 5.73 Å². The van der Waals surface area contributed by atoms with E-state index in [-0.39, 0.29) is 0 Å². The van der Waals surface area contributed by atoms with Gasteiger partial charge < -0.3 is 5.73 Å². The Labute approximate surface area is 68.3 Å². The van der Waals surface area contributed by atoms with Crippen molar-refractivity contribution in [3.63, 3.8) is 0 Å². The zero-order chi connectivity index (χ0) is 8.55. The van der Waals surface area contributed by atoms with E-state index in [0.717, 1.165) is 5.69 Å². The third kappa shape index (κ3) is 0.795. The first-order valence-corrected chi connectivity index (χ1v) is 3.46. The maximum absolute atomic E-state index is 10.3. The van der Waals surface area contributed by atoms with Crippen LogP contribution in [0.5, 0.6) is 0 Å². The van der Waals surface area contributed by atoms with Gasteiger partial charge in [0.1, 0.15) is 17.8 Å². The highest BCUT2D eigenvalue weighted by atomic mass is 16.3. The molecule has 0 radical (unpaired) electrons. The van der Waals surface area contributed by atoms with Crippen LogP contribution >= 0.6 is 0 Å². The molecule has 1 aliphatic rings.